The average molecular weight is 234 g/mol. The molecule has 5 heteroatoms. The Labute approximate surface area is 91.5 Å². The van der Waals surface area contributed by atoms with Gasteiger partial charge in [-0.2, -0.15) is 13.2 Å². The van der Waals surface area contributed by atoms with Crippen LogP contribution in [0.4, 0.5) is 13.2 Å². The fraction of sp³-hybridized carbons (Fsp3) is 0.636. The summed E-state index contributed by atoms with van der Waals surface area (Å²) in [4.78, 5) is 22.4. The predicted molar refractivity (Wildman–Crippen MR) is 51.8 cm³/mol. The lowest BCUT2D eigenvalue weighted by atomic mass is 9.83. The molecule has 0 bridgehead atoms. The summed E-state index contributed by atoms with van der Waals surface area (Å²) in [6.07, 6.45) is -1.25. The van der Waals surface area contributed by atoms with E-state index in [-0.39, 0.29) is 0 Å². The van der Waals surface area contributed by atoms with Gasteiger partial charge >= 0.3 is 6.18 Å². The fourth-order valence-corrected chi connectivity index (χ4v) is 1.89. The van der Waals surface area contributed by atoms with Gasteiger partial charge in [0.2, 0.25) is 0 Å². The summed E-state index contributed by atoms with van der Waals surface area (Å²) in [7, 11) is 0. The third kappa shape index (κ3) is 2.93. The van der Waals surface area contributed by atoms with E-state index in [1.54, 1.807) is 0 Å². The SMILES string of the molecule is C=C(C(=O)C1CCCCC1)C(=O)C(F)(F)F. The maximum absolute atomic E-state index is 12.1. The summed E-state index contributed by atoms with van der Waals surface area (Å²) >= 11 is 0. The molecule has 0 aromatic rings. The van der Waals surface area contributed by atoms with Crippen molar-refractivity contribution in [2.75, 3.05) is 0 Å². The van der Waals surface area contributed by atoms with Crippen molar-refractivity contribution in [1.29, 1.82) is 0 Å². The zero-order valence-corrected chi connectivity index (χ0v) is 8.77. The Kier molecular flexibility index (Phi) is 3.88. The monoisotopic (exact) mass is 234 g/mol. The van der Waals surface area contributed by atoms with Crippen LogP contribution in [-0.2, 0) is 9.59 Å². The summed E-state index contributed by atoms with van der Waals surface area (Å²) in [6.45, 7) is 2.98. The van der Waals surface area contributed by atoms with Crippen molar-refractivity contribution in [2.24, 2.45) is 5.92 Å². The van der Waals surface area contributed by atoms with E-state index in [4.69, 9.17) is 0 Å². The zero-order chi connectivity index (χ0) is 12.3. The maximum Gasteiger partial charge on any atom is 0.454 e. The second-order valence-corrected chi connectivity index (χ2v) is 4.00. The smallest absolute Gasteiger partial charge is 0.294 e. The Morgan fingerprint density at radius 1 is 1.06 bits per heavy atom. The van der Waals surface area contributed by atoms with Gasteiger partial charge in [-0.05, 0) is 12.8 Å². The molecule has 0 spiro atoms. The number of halogens is 3. The highest BCUT2D eigenvalue weighted by molar-refractivity contribution is 6.22. The molecule has 1 rings (SSSR count). The van der Waals surface area contributed by atoms with Crippen molar-refractivity contribution < 1.29 is 22.8 Å². The second-order valence-electron chi connectivity index (χ2n) is 4.00. The summed E-state index contributed by atoms with van der Waals surface area (Å²) < 4.78 is 36.2. The van der Waals surface area contributed by atoms with Crippen molar-refractivity contribution in [2.45, 2.75) is 38.3 Å². The first kappa shape index (κ1) is 12.9. The molecule has 1 saturated carbocycles. The third-order valence-corrected chi connectivity index (χ3v) is 2.80. The largest absolute Gasteiger partial charge is 0.454 e. The average Bonchev–Trinajstić information content (AvgIpc) is 2.26. The molecule has 0 N–H and O–H groups in total. The number of rotatable bonds is 3. The molecule has 90 valence electrons. The number of carbonyl (C=O) groups is 2. The van der Waals surface area contributed by atoms with Crippen LogP contribution in [0.2, 0.25) is 0 Å². The van der Waals surface area contributed by atoms with Crippen molar-refractivity contribution in [3.63, 3.8) is 0 Å². The van der Waals surface area contributed by atoms with E-state index < -0.39 is 29.2 Å². The minimum atomic E-state index is -5.00. The number of alkyl halides is 3. The van der Waals surface area contributed by atoms with E-state index in [1.165, 1.54) is 0 Å². The summed E-state index contributed by atoms with van der Waals surface area (Å²) in [5.74, 6) is -3.29. The normalized spacial score (nSPS) is 18.2. The lowest BCUT2D eigenvalue weighted by Crippen LogP contribution is -2.31. The number of hydrogen-bond acceptors (Lipinski definition) is 2. The molecule has 1 fully saturated rings. The van der Waals surface area contributed by atoms with Crippen LogP contribution in [0.25, 0.3) is 0 Å². The van der Waals surface area contributed by atoms with E-state index in [9.17, 15) is 22.8 Å². The highest BCUT2D eigenvalue weighted by atomic mass is 19.4. The first-order valence-electron chi connectivity index (χ1n) is 5.18. The lowest BCUT2D eigenvalue weighted by Gasteiger charge is -2.20. The Balaban J connectivity index is 2.67. The van der Waals surface area contributed by atoms with Gasteiger partial charge in [0, 0.05) is 5.92 Å². The van der Waals surface area contributed by atoms with E-state index in [0.717, 1.165) is 19.3 Å². The molecule has 1 aliphatic rings. The zero-order valence-electron chi connectivity index (χ0n) is 8.77. The van der Waals surface area contributed by atoms with E-state index in [2.05, 4.69) is 6.58 Å². The fourth-order valence-electron chi connectivity index (χ4n) is 1.89. The van der Waals surface area contributed by atoms with Crippen LogP contribution >= 0.6 is 0 Å². The third-order valence-electron chi connectivity index (χ3n) is 2.80. The maximum atomic E-state index is 12.1. The molecule has 0 saturated heterocycles. The molecule has 1 aliphatic carbocycles. The van der Waals surface area contributed by atoms with Crippen LogP contribution in [0.15, 0.2) is 12.2 Å². The van der Waals surface area contributed by atoms with Crippen molar-refractivity contribution in [1.82, 2.24) is 0 Å². The Morgan fingerprint density at radius 3 is 2.00 bits per heavy atom. The minimum Gasteiger partial charge on any atom is -0.294 e. The molecule has 0 radical (unpaired) electrons. The molecule has 2 nitrogen and oxygen atoms in total. The van der Waals surface area contributed by atoms with Crippen molar-refractivity contribution >= 4 is 11.6 Å². The first-order valence-corrected chi connectivity index (χ1v) is 5.18. The lowest BCUT2D eigenvalue weighted by molar-refractivity contribution is -0.167. The van der Waals surface area contributed by atoms with Gasteiger partial charge in [0.1, 0.15) is 0 Å². The Bertz CT molecular complexity index is 312. The number of Topliss-reactive ketones (excluding diaryl/α,β-unsaturated/α-hetero) is 2. The van der Waals surface area contributed by atoms with Gasteiger partial charge in [0.15, 0.2) is 5.78 Å². The summed E-state index contributed by atoms with van der Waals surface area (Å²) in [5.41, 5.74) is -0.917. The van der Waals surface area contributed by atoms with E-state index in [0.29, 0.717) is 12.8 Å². The molecule has 16 heavy (non-hydrogen) atoms. The quantitative estimate of drug-likeness (QED) is 0.427. The van der Waals surface area contributed by atoms with Gasteiger partial charge < -0.3 is 0 Å². The first-order chi connectivity index (χ1) is 7.34. The summed E-state index contributed by atoms with van der Waals surface area (Å²) in [6, 6.07) is 0. The number of allylic oxidation sites excluding steroid dienone is 1. The predicted octanol–water partition coefficient (Wildman–Crippen LogP) is 2.82. The highest BCUT2D eigenvalue weighted by Gasteiger charge is 2.43. The van der Waals surface area contributed by atoms with Gasteiger partial charge in [-0.15, -0.1) is 0 Å². The molecule has 0 amide bonds. The molecule has 0 aliphatic heterocycles. The van der Waals surface area contributed by atoms with E-state index in [1.807, 2.05) is 0 Å². The molecule has 0 heterocycles. The molecule has 0 unspecified atom stereocenters. The van der Waals surface area contributed by atoms with Crippen LogP contribution in [0, 0.1) is 5.92 Å². The minimum absolute atomic E-state index is 0.451. The van der Waals surface area contributed by atoms with Gasteiger partial charge in [0.25, 0.3) is 5.78 Å². The van der Waals surface area contributed by atoms with Gasteiger partial charge in [-0.1, -0.05) is 25.8 Å². The molecular weight excluding hydrogens is 221 g/mol. The topological polar surface area (TPSA) is 34.1 Å². The van der Waals surface area contributed by atoms with Gasteiger partial charge in [-0.3, -0.25) is 9.59 Å². The van der Waals surface area contributed by atoms with Crippen molar-refractivity contribution in [3.8, 4) is 0 Å². The number of hydrogen-bond donors (Lipinski definition) is 0. The van der Waals surface area contributed by atoms with E-state index >= 15 is 0 Å². The second kappa shape index (κ2) is 4.80. The molecule has 0 aromatic heterocycles. The molecule has 0 aromatic carbocycles. The number of ketones is 2. The van der Waals surface area contributed by atoms with Crippen LogP contribution in [0.1, 0.15) is 32.1 Å². The van der Waals surface area contributed by atoms with Crippen LogP contribution in [0.3, 0.4) is 0 Å². The van der Waals surface area contributed by atoms with Gasteiger partial charge in [0.05, 0.1) is 5.57 Å². The van der Waals surface area contributed by atoms with Crippen LogP contribution in [-0.4, -0.2) is 17.7 Å². The Morgan fingerprint density at radius 2 is 1.56 bits per heavy atom. The standard InChI is InChI=1S/C11H13F3O2/c1-7(10(16)11(12,13)14)9(15)8-5-3-2-4-6-8/h8H,1-6H2. The van der Waals surface area contributed by atoms with Gasteiger partial charge in [-0.25, -0.2) is 0 Å². The van der Waals surface area contributed by atoms with Crippen LogP contribution in [0.5, 0.6) is 0 Å². The molecule has 0 atom stereocenters. The highest BCUT2D eigenvalue weighted by Crippen LogP contribution is 2.28. The number of carbonyl (C=O) groups excluding carboxylic acids is 2. The summed E-state index contributed by atoms with van der Waals surface area (Å²) in [5, 5.41) is 0. The van der Waals surface area contributed by atoms with Crippen molar-refractivity contribution in [3.05, 3.63) is 12.2 Å². The van der Waals surface area contributed by atoms with Crippen LogP contribution < -0.4 is 0 Å². The Hall–Kier alpha value is -1.13. The molecular formula is C11H13F3O2.